The highest BCUT2D eigenvalue weighted by Crippen LogP contribution is 2.19. The number of rotatable bonds is 5. The van der Waals surface area contributed by atoms with Crippen molar-refractivity contribution >= 4 is 6.03 Å². The van der Waals surface area contributed by atoms with Gasteiger partial charge >= 0.3 is 6.03 Å². The first-order valence-electron chi connectivity index (χ1n) is 6.85. The summed E-state index contributed by atoms with van der Waals surface area (Å²) in [7, 11) is 0. The highest BCUT2D eigenvalue weighted by molar-refractivity contribution is 5.73. The third kappa shape index (κ3) is 3.54. The highest BCUT2D eigenvalue weighted by Gasteiger charge is 2.08. The molecule has 0 aliphatic rings. The fourth-order valence-corrected chi connectivity index (χ4v) is 1.93. The number of oxazole rings is 1. The lowest BCUT2D eigenvalue weighted by Crippen LogP contribution is -2.34. The summed E-state index contributed by atoms with van der Waals surface area (Å²) >= 11 is 0. The fraction of sp³-hybridized carbons (Fsp3) is 0.125. The number of carbonyl (C=O) groups is 1. The zero-order valence-corrected chi connectivity index (χ0v) is 11.8. The lowest BCUT2D eigenvalue weighted by molar-refractivity contribution is 0.238. The quantitative estimate of drug-likeness (QED) is 0.758. The molecule has 22 heavy (non-hydrogen) atoms. The van der Waals surface area contributed by atoms with E-state index in [1.54, 1.807) is 24.6 Å². The molecule has 0 unspecified atom stereocenters. The average molecular weight is 297 g/mol. The van der Waals surface area contributed by atoms with Crippen LogP contribution in [0.5, 0.6) is 0 Å². The highest BCUT2D eigenvalue weighted by atomic mass is 16.4. The summed E-state index contributed by atoms with van der Waals surface area (Å²) in [5.74, 6) is 1.82. The first kappa shape index (κ1) is 13.9. The van der Waals surface area contributed by atoms with Crippen LogP contribution in [0.15, 0.2) is 63.8 Å². The molecular formula is C16H15N3O3. The van der Waals surface area contributed by atoms with Crippen molar-refractivity contribution in [3.63, 3.8) is 0 Å². The number of nitrogens with one attached hydrogen (secondary N) is 2. The van der Waals surface area contributed by atoms with Crippen LogP contribution in [0, 0.1) is 0 Å². The molecule has 0 spiro atoms. The number of furan rings is 1. The first-order chi connectivity index (χ1) is 10.8. The van der Waals surface area contributed by atoms with Gasteiger partial charge in [0.1, 0.15) is 5.76 Å². The molecule has 0 aliphatic carbocycles. The molecule has 1 aromatic carbocycles. The van der Waals surface area contributed by atoms with Gasteiger partial charge in [0.2, 0.25) is 5.89 Å². The SMILES string of the molecule is O=C(NCc1ccco1)NCc1ncc(-c2ccccc2)o1. The minimum Gasteiger partial charge on any atom is -0.467 e. The van der Waals surface area contributed by atoms with Crippen LogP contribution >= 0.6 is 0 Å². The van der Waals surface area contributed by atoms with Gasteiger partial charge in [0.15, 0.2) is 5.76 Å². The second-order valence-corrected chi connectivity index (χ2v) is 4.60. The molecule has 3 aromatic rings. The van der Waals surface area contributed by atoms with Gasteiger partial charge in [-0.15, -0.1) is 0 Å². The number of carbonyl (C=O) groups excluding carboxylic acids is 1. The van der Waals surface area contributed by atoms with Gasteiger partial charge in [0, 0.05) is 5.56 Å². The zero-order valence-electron chi connectivity index (χ0n) is 11.8. The fourth-order valence-electron chi connectivity index (χ4n) is 1.93. The van der Waals surface area contributed by atoms with Crippen LogP contribution in [0.2, 0.25) is 0 Å². The third-order valence-electron chi connectivity index (χ3n) is 3.02. The maximum atomic E-state index is 11.7. The summed E-state index contributed by atoms with van der Waals surface area (Å²) in [5, 5.41) is 5.36. The third-order valence-corrected chi connectivity index (χ3v) is 3.02. The molecule has 2 heterocycles. The number of benzene rings is 1. The Balaban J connectivity index is 1.49. The topological polar surface area (TPSA) is 80.3 Å². The molecule has 112 valence electrons. The summed E-state index contributed by atoms with van der Waals surface area (Å²) in [5.41, 5.74) is 0.948. The van der Waals surface area contributed by atoms with Gasteiger partial charge in [-0.05, 0) is 12.1 Å². The number of amides is 2. The molecular weight excluding hydrogens is 282 g/mol. The Morgan fingerprint density at radius 3 is 2.64 bits per heavy atom. The van der Waals surface area contributed by atoms with E-state index in [0.717, 1.165) is 5.56 Å². The molecule has 2 amide bonds. The largest absolute Gasteiger partial charge is 0.467 e. The summed E-state index contributed by atoms with van der Waals surface area (Å²) in [6, 6.07) is 12.9. The Morgan fingerprint density at radius 2 is 1.86 bits per heavy atom. The molecule has 0 fully saturated rings. The van der Waals surface area contributed by atoms with E-state index in [4.69, 9.17) is 8.83 Å². The molecule has 0 aliphatic heterocycles. The molecule has 0 atom stereocenters. The van der Waals surface area contributed by atoms with Crippen molar-refractivity contribution in [3.8, 4) is 11.3 Å². The molecule has 6 heteroatoms. The van der Waals surface area contributed by atoms with Gasteiger partial charge in [-0.1, -0.05) is 30.3 Å². The van der Waals surface area contributed by atoms with Crippen molar-refractivity contribution in [2.75, 3.05) is 0 Å². The van der Waals surface area contributed by atoms with Gasteiger partial charge in [-0.2, -0.15) is 0 Å². The number of hydrogen-bond acceptors (Lipinski definition) is 4. The minimum atomic E-state index is -0.309. The van der Waals surface area contributed by atoms with E-state index in [0.29, 0.717) is 24.0 Å². The Morgan fingerprint density at radius 1 is 1.05 bits per heavy atom. The van der Waals surface area contributed by atoms with Crippen molar-refractivity contribution in [1.29, 1.82) is 0 Å². The maximum absolute atomic E-state index is 11.7. The van der Waals surface area contributed by atoms with Crippen LogP contribution in [0.3, 0.4) is 0 Å². The van der Waals surface area contributed by atoms with E-state index in [1.165, 1.54) is 0 Å². The molecule has 0 saturated carbocycles. The van der Waals surface area contributed by atoms with Gasteiger partial charge in [0.05, 0.1) is 25.5 Å². The van der Waals surface area contributed by atoms with Crippen LogP contribution in [0.25, 0.3) is 11.3 Å². The van der Waals surface area contributed by atoms with E-state index in [1.807, 2.05) is 30.3 Å². The molecule has 0 bridgehead atoms. The van der Waals surface area contributed by atoms with Crippen LogP contribution in [0.1, 0.15) is 11.7 Å². The Kier molecular flexibility index (Phi) is 4.20. The van der Waals surface area contributed by atoms with Crippen LogP contribution in [-0.4, -0.2) is 11.0 Å². The van der Waals surface area contributed by atoms with E-state index in [-0.39, 0.29) is 12.6 Å². The second-order valence-electron chi connectivity index (χ2n) is 4.60. The monoisotopic (exact) mass is 297 g/mol. The van der Waals surface area contributed by atoms with Crippen LogP contribution < -0.4 is 10.6 Å². The Labute approximate surface area is 127 Å². The van der Waals surface area contributed by atoms with E-state index in [9.17, 15) is 4.79 Å². The van der Waals surface area contributed by atoms with Crippen LogP contribution in [0.4, 0.5) is 4.79 Å². The minimum absolute atomic E-state index is 0.219. The average Bonchev–Trinajstić information content (AvgIpc) is 3.23. The molecule has 6 nitrogen and oxygen atoms in total. The summed E-state index contributed by atoms with van der Waals surface area (Å²) in [6.45, 7) is 0.552. The van der Waals surface area contributed by atoms with Crippen molar-refractivity contribution in [1.82, 2.24) is 15.6 Å². The summed E-state index contributed by atoms with van der Waals surface area (Å²) in [4.78, 5) is 15.8. The maximum Gasteiger partial charge on any atom is 0.315 e. The van der Waals surface area contributed by atoms with Crippen molar-refractivity contribution in [2.45, 2.75) is 13.1 Å². The number of urea groups is 1. The molecule has 2 N–H and O–H groups in total. The van der Waals surface area contributed by atoms with Gasteiger partial charge in [-0.25, -0.2) is 9.78 Å². The number of aromatic nitrogens is 1. The van der Waals surface area contributed by atoms with Crippen molar-refractivity contribution in [2.24, 2.45) is 0 Å². The predicted octanol–water partition coefficient (Wildman–Crippen LogP) is 2.93. The number of nitrogens with zero attached hydrogens (tertiary/aromatic N) is 1. The smallest absolute Gasteiger partial charge is 0.315 e. The molecule has 2 aromatic heterocycles. The lowest BCUT2D eigenvalue weighted by Gasteiger charge is -2.04. The van der Waals surface area contributed by atoms with E-state index < -0.39 is 0 Å². The van der Waals surface area contributed by atoms with Crippen LogP contribution in [-0.2, 0) is 13.1 Å². The zero-order chi connectivity index (χ0) is 15.2. The summed E-state index contributed by atoms with van der Waals surface area (Å²) < 4.78 is 10.7. The van der Waals surface area contributed by atoms with Gasteiger partial charge in [0.25, 0.3) is 0 Å². The Bertz CT molecular complexity index is 720. The van der Waals surface area contributed by atoms with Gasteiger partial charge in [-0.3, -0.25) is 0 Å². The number of hydrogen-bond donors (Lipinski definition) is 2. The Hall–Kier alpha value is -3.02. The second kappa shape index (κ2) is 6.62. The lowest BCUT2D eigenvalue weighted by atomic mass is 10.2. The molecule has 3 rings (SSSR count). The van der Waals surface area contributed by atoms with Crippen molar-refractivity contribution in [3.05, 3.63) is 66.6 Å². The molecule has 0 saturated heterocycles. The normalized spacial score (nSPS) is 10.4. The van der Waals surface area contributed by atoms with E-state index >= 15 is 0 Å². The first-order valence-corrected chi connectivity index (χ1v) is 6.85. The molecule has 0 radical (unpaired) electrons. The van der Waals surface area contributed by atoms with E-state index in [2.05, 4.69) is 15.6 Å². The predicted molar refractivity (Wildman–Crippen MR) is 79.7 cm³/mol. The van der Waals surface area contributed by atoms with Gasteiger partial charge < -0.3 is 19.5 Å². The van der Waals surface area contributed by atoms with Crippen molar-refractivity contribution < 1.29 is 13.6 Å². The summed E-state index contributed by atoms with van der Waals surface area (Å²) in [6.07, 6.45) is 3.21. The standard InChI is InChI=1S/C16H15N3O3/c20-16(18-9-13-7-4-8-21-13)19-11-15-17-10-14(22-15)12-5-2-1-3-6-12/h1-8,10H,9,11H2,(H2,18,19,20).